The van der Waals surface area contributed by atoms with Gasteiger partial charge in [-0.05, 0) is 18.8 Å². The number of aromatic nitrogens is 2. The highest BCUT2D eigenvalue weighted by atomic mass is 32.2. The Morgan fingerprint density at radius 1 is 1.45 bits per heavy atom. The fraction of sp³-hybridized carbons (Fsp3) is 0.667. The van der Waals surface area contributed by atoms with Crippen LogP contribution in [0.2, 0.25) is 0 Å². The lowest BCUT2D eigenvalue weighted by Gasteiger charge is -2.27. The molecule has 0 aromatic carbocycles. The van der Waals surface area contributed by atoms with E-state index in [0.29, 0.717) is 0 Å². The van der Waals surface area contributed by atoms with Crippen LogP contribution in [0.4, 0.5) is 0 Å². The summed E-state index contributed by atoms with van der Waals surface area (Å²) < 4.78 is 28.0. The van der Waals surface area contributed by atoms with Crippen LogP contribution in [0.15, 0.2) is 17.3 Å². The molecule has 1 aromatic heterocycles. The third-order valence-electron chi connectivity index (χ3n) is 3.66. The number of carboxylic acid groups (broad SMARTS) is 1. The lowest BCUT2D eigenvalue weighted by molar-refractivity contribution is -0.140. The average Bonchev–Trinajstić information content (AvgIpc) is 2.84. The molecule has 1 atom stereocenters. The van der Waals surface area contributed by atoms with Gasteiger partial charge >= 0.3 is 5.97 Å². The molecule has 1 aliphatic rings. The largest absolute Gasteiger partial charge is 0.480 e. The van der Waals surface area contributed by atoms with E-state index >= 15 is 0 Å². The van der Waals surface area contributed by atoms with Gasteiger partial charge in [-0.2, -0.15) is 9.82 Å². The molecule has 8 heteroatoms. The van der Waals surface area contributed by atoms with Crippen LogP contribution < -0.4 is 4.72 Å². The number of nitrogens with zero attached hydrogens (tertiary/aromatic N) is 2. The van der Waals surface area contributed by atoms with Crippen LogP contribution in [0.5, 0.6) is 0 Å². The molecule has 1 fully saturated rings. The van der Waals surface area contributed by atoms with Gasteiger partial charge in [0.15, 0.2) is 0 Å². The molecule has 0 radical (unpaired) electrons. The number of aryl methyl sites for hydroxylation is 1. The van der Waals surface area contributed by atoms with Crippen molar-refractivity contribution in [3.05, 3.63) is 12.4 Å². The normalized spacial score (nSPS) is 18.9. The number of hydrogen-bond donors (Lipinski definition) is 2. The standard InChI is InChI=1S/C12H19N3O4S/c1-15-8-10(7-13-15)20(18,19)14-11(12(16)17)9-5-3-2-4-6-9/h7-9,11,14H,2-6H2,1H3,(H,16,17). The summed E-state index contributed by atoms with van der Waals surface area (Å²) in [4.78, 5) is 11.4. The van der Waals surface area contributed by atoms with Gasteiger partial charge in [-0.15, -0.1) is 0 Å². The maximum atomic E-state index is 12.2. The topological polar surface area (TPSA) is 101 Å². The predicted molar refractivity (Wildman–Crippen MR) is 71.5 cm³/mol. The number of aliphatic carboxylic acids is 1. The van der Waals surface area contributed by atoms with Crippen molar-refractivity contribution < 1.29 is 18.3 Å². The smallest absolute Gasteiger partial charge is 0.322 e. The number of hydrogen-bond acceptors (Lipinski definition) is 4. The van der Waals surface area contributed by atoms with Crippen molar-refractivity contribution in [2.75, 3.05) is 0 Å². The SMILES string of the molecule is Cn1cc(S(=O)(=O)NC(C(=O)O)C2CCCCC2)cn1. The summed E-state index contributed by atoms with van der Waals surface area (Å²) in [6.07, 6.45) is 7.02. The van der Waals surface area contributed by atoms with Crippen LogP contribution in [0.25, 0.3) is 0 Å². The van der Waals surface area contributed by atoms with E-state index in [-0.39, 0.29) is 10.8 Å². The summed E-state index contributed by atoms with van der Waals surface area (Å²) in [5.41, 5.74) is 0. The molecular weight excluding hydrogens is 282 g/mol. The number of sulfonamides is 1. The van der Waals surface area contributed by atoms with Crippen LogP contribution in [-0.4, -0.2) is 35.3 Å². The number of carbonyl (C=O) groups is 1. The van der Waals surface area contributed by atoms with Gasteiger partial charge in [0.1, 0.15) is 10.9 Å². The highest BCUT2D eigenvalue weighted by Gasteiger charge is 2.33. The van der Waals surface area contributed by atoms with E-state index < -0.39 is 22.0 Å². The zero-order chi connectivity index (χ0) is 14.8. The highest BCUT2D eigenvalue weighted by Crippen LogP contribution is 2.27. The minimum atomic E-state index is -3.85. The summed E-state index contributed by atoms with van der Waals surface area (Å²) in [5, 5.41) is 13.1. The number of nitrogens with one attached hydrogen (secondary N) is 1. The molecule has 0 aliphatic heterocycles. The van der Waals surface area contributed by atoms with Crippen LogP contribution >= 0.6 is 0 Å². The van der Waals surface area contributed by atoms with Crippen molar-refractivity contribution in [3.63, 3.8) is 0 Å². The van der Waals surface area contributed by atoms with E-state index in [1.807, 2.05) is 0 Å². The number of rotatable bonds is 5. The van der Waals surface area contributed by atoms with Gasteiger partial charge in [-0.3, -0.25) is 9.48 Å². The van der Waals surface area contributed by atoms with Gasteiger partial charge in [-0.25, -0.2) is 8.42 Å². The molecule has 20 heavy (non-hydrogen) atoms. The molecule has 7 nitrogen and oxygen atoms in total. The molecule has 2 rings (SSSR count). The van der Waals surface area contributed by atoms with Gasteiger partial charge in [-0.1, -0.05) is 19.3 Å². The van der Waals surface area contributed by atoms with Crippen molar-refractivity contribution in [3.8, 4) is 0 Å². The minimum absolute atomic E-state index is 0.0120. The van der Waals surface area contributed by atoms with Gasteiger partial charge in [0.05, 0.1) is 6.20 Å². The fourth-order valence-electron chi connectivity index (χ4n) is 2.59. The van der Waals surface area contributed by atoms with E-state index in [0.717, 1.165) is 32.1 Å². The fourth-order valence-corrected chi connectivity index (χ4v) is 3.83. The Hall–Kier alpha value is -1.41. The van der Waals surface area contributed by atoms with Crippen molar-refractivity contribution in [2.45, 2.75) is 43.0 Å². The summed E-state index contributed by atoms with van der Waals surface area (Å²) in [6, 6.07) is -1.07. The molecule has 2 N–H and O–H groups in total. The lowest BCUT2D eigenvalue weighted by Crippen LogP contribution is -2.46. The monoisotopic (exact) mass is 301 g/mol. The minimum Gasteiger partial charge on any atom is -0.480 e. The van der Waals surface area contributed by atoms with Crippen LogP contribution in [-0.2, 0) is 21.9 Å². The molecular formula is C12H19N3O4S. The van der Waals surface area contributed by atoms with E-state index in [9.17, 15) is 18.3 Å². The lowest BCUT2D eigenvalue weighted by atomic mass is 9.84. The van der Waals surface area contributed by atoms with E-state index in [2.05, 4.69) is 9.82 Å². The zero-order valence-electron chi connectivity index (χ0n) is 11.3. The van der Waals surface area contributed by atoms with Crippen molar-refractivity contribution >= 4 is 16.0 Å². The molecule has 1 saturated carbocycles. The average molecular weight is 301 g/mol. The molecule has 1 unspecified atom stereocenters. The van der Waals surface area contributed by atoms with Crippen molar-refractivity contribution in [1.29, 1.82) is 0 Å². The van der Waals surface area contributed by atoms with Crippen LogP contribution in [0.3, 0.4) is 0 Å². The molecule has 0 saturated heterocycles. The molecule has 1 aliphatic carbocycles. The molecule has 112 valence electrons. The van der Waals surface area contributed by atoms with Crippen molar-refractivity contribution in [2.24, 2.45) is 13.0 Å². The van der Waals surface area contributed by atoms with Crippen molar-refractivity contribution in [1.82, 2.24) is 14.5 Å². The second kappa shape index (κ2) is 5.92. The van der Waals surface area contributed by atoms with E-state index in [1.54, 1.807) is 7.05 Å². The van der Waals surface area contributed by atoms with Gasteiger partial charge < -0.3 is 5.11 Å². The van der Waals surface area contributed by atoms with E-state index in [4.69, 9.17) is 0 Å². The Morgan fingerprint density at radius 3 is 2.60 bits per heavy atom. The summed E-state index contributed by atoms with van der Waals surface area (Å²) in [5.74, 6) is -1.27. The van der Waals surface area contributed by atoms with Gasteiger partial charge in [0.25, 0.3) is 0 Å². The highest BCUT2D eigenvalue weighted by molar-refractivity contribution is 7.89. The Bertz CT molecular complexity index is 575. The third-order valence-corrected chi connectivity index (χ3v) is 5.06. The number of carboxylic acids is 1. The molecule has 1 aromatic rings. The Kier molecular flexibility index (Phi) is 4.44. The Balaban J connectivity index is 2.17. The summed E-state index contributed by atoms with van der Waals surface area (Å²) >= 11 is 0. The van der Waals surface area contributed by atoms with Gasteiger partial charge in [0, 0.05) is 13.2 Å². The first kappa shape index (κ1) is 15.0. The molecule has 0 bridgehead atoms. The zero-order valence-corrected chi connectivity index (χ0v) is 12.1. The first-order valence-corrected chi connectivity index (χ1v) is 8.12. The summed E-state index contributed by atoms with van der Waals surface area (Å²) in [7, 11) is -2.24. The summed E-state index contributed by atoms with van der Waals surface area (Å²) in [6.45, 7) is 0. The second-order valence-corrected chi connectivity index (χ2v) is 6.90. The van der Waals surface area contributed by atoms with Gasteiger partial charge in [0.2, 0.25) is 10.0 Å². The second-order valence-electron chi connectivity index (χ2n) is 5.18. The molecule has 1 heterocycles. The third kappa shape index (κ3) is 3.37. The van der Waals surface area contributed by atoms with Crippen LogP contribution in [0, 0.1) is 5.92 Å². The first-order valence-electron chi connectivity index (χ1n) is 6.64. The predicted octanol–water partition coefficient (Wildman–Crippen LogP) is 0.732. The Labute approximate surface area is 118 Å². The first-order chi connectivity index (χ1) is 9.40. The molecule has 0 amide bonds. The van der Waals surface area contributed by atoms with Crippen LogP contribution in [0.1, 0.15) is 32.1 Å². The quantitative estimate of drug-likeness (QED) is 0.835. The Morgan fingerprint density at radius 2 is 2.10 bits per heavy atom. The maximum absolute atomic E-state index is 12.2. The maximum Gasteiger partial charge on any atom is 0.322 e. The molecule has 0 spiro atoms. The van der Waals surface area contributed by atoms with E-state index in [1.165, 1.54) is 17.1 Å².